The number of nitrogens with one attached hydrogen (secondary N) is 2. The highest BCUT2D eigenvalue weighted by Gasteiger charge is 2.16. The van der Waals surface area contributed by atoms with E-state index >= 15 is 0 Å². The number of piperidine rings is 1. The molecule has 19 heavy (non-hydrogen) atoms. The topological polar surface area (TPSA) is 39.7 Å². The summed E-state index contributed by atoms with van der Waals surface area (Å²) in [4.78, 5) is 6.68. The molecule has 5 heteroatoms. The first-order chi connectivity index (χ1) is 8.76. The van der Waals surface area contributed by atoms with E-state index in [-0.39, 0.29) is 24.0 Å². The number of halogens is 1. The van der Waals surface area contributed by atoms with Crippen molar-refractivity contribution in [2.75, 3.05) is 40.3 Å². The molecule has 1 saturated heterocycles. The highest BCUT2D eigenvalue weighted by molar-refractivity contribution is 14.0. The third-order valence-corrected chi connectivity index (χ3v) is 3.69. The van der Waals surface area contributed by atoms with Crippen LogP contribution in [-0.4, -0.2) is 51.1 Å². The number of guanidine groups is 1. The lowest BCUT2D eigenvalue weighted by atomic mass is 9.97. The van der Waals surface area contributed by atoms with Gasteiger partial charge in [-0.2, -0.15) is 0 Å². The molecule has 0 amide bonds. The van der Waals surface area contributed by atoms with Gasteiger partial charge < -0.3 is 15.5 Å². The van der Waals surface area contributed by atoms with Gasteiger partial charge in [0.15, 0.2) is 5.96 Å². The van der Waals surface area contributed by atoms with E-state index in [9.17, 15) is 0 Å². The summed E-state index contributed by atoms with van der Waals surface area (Å²) < 4.78 is 0. The Morgan fingerprint density at radius 3 is 2.47 bits per heavy atom. The summed E-state index contributed by atoms with van der Waals surface area (Å²) in [7, 11) is 4.06. The van der Waals surface area contributed by atoms with Crippen LogP contribution in [0.5, 0.6) is 0 Å². The molecule has 0 bridgehead atoms. The summed E-state index contributed by atoms with van der Waals surface area (Å²) in [5, 5.41) is 6.83. The first-order valence-corrected chi connectivity index (χ1v) is 7.39. The van der Waals surface area contributed by atoms with Gasteiger partial charge in [-0.05, 0) is 45.3 Å². The molecule has 1 fully saturated rings. The van der Waals surface area contributed by atoms with Crippen molar-refractivity contribution in [1.82, 2.24) is 15.5 Å². The molecule has 0 atom stereocenters. The van der Waals surface area contributed by atoms with Crippen molar-refractivity contribution in [2.24, 2.45) is 10.9 Å². The maximum absolute atomic E-state index is 4.27. The van der Waals surface area contributed by atoms with Gasteiger partial charge in [-0.3, -0.25) is 4.99 Å². The number of hydrogen-bond acceptors (Lipinski definition) is 2. The summed E-state index contributed by atoms with van der Waals surface area (Å²) in [6, 6.07) is 0. The van der Waals surface area contributed by atoms with Crippen LogP contribution in [0, 0.1) is 5.92 Å². The second-order valence-electron chi connectivity index (χ2n) is 5.33. The fourth-order valence-electron chi connectivity index (χ4n) is 2.31. The Kier molecular flexibility index (Phi) is 11.7. The van der Waals surface area contributed by atoms with E-state index < -0.39 is 0 Å². The number of unbranched alkanes of at least 4 members (excludes halogenated alkanes) is 2. The van der Waals surface area contributed by atoms with E-state index in [1.807, 2.05) is 7.05 Å². The molecule has 0 aromatic rings. The van der Waals surface area contributed by atoms with Gasteiger partial charge in [-0.25, -0.2) is 0 Å². The van der Waals surface area contributed by atoms with Crippen LogP contribution in [0.2, 0.25) is 0 Å². The number of likely N-dealkylation sites (tertiary alicyclic amines) is 1. The van der Waals surface area contributed by atoms with Gasteiger partial charge in [0.05, 0.1) is 0 Å². The minimum atomic E-state index is 0. The van der Waals surface area contributed by atoms with E-state index in [0.717, 1.165) is 25.0 Å². The van der Waals surface area contributed by atoms with Crippen LogP contribution >= 0.6 is 24.0 Å². The number of hydrogen-bond donors (Lipinski definition) is 2. The molecule has 1 aliphatic heterocycles. The number of aliphatic imine (C=N–C) groups is 1. The molecule has 0 aromatic carbocycles. The van der Waals surface area contributed by atoms with Crippen molar-refractivity contribution in [3.8, 4) is 0 Å². The average Bonchev–Trinajstić information content (AvgIpc) is 2.40. The Morgan fingerprint density at radius 2 is 1.89 bits per heavy atom. The summed E-state index contributed by atoms with van der Waals surface area (Å²) in [6.45, 7) is 6.78. The zero-order chi connectivity index (χ0) is 13.2. The second-order valence-corrected chi connectivity index (χ2v) is 5.33. The fourth-order valence-corrected chi connectivity index (χ4v) is 2.31. The molecule has 0 radical (unpaired) electrons. The summed E-state index contributed by atoms with van der Waals surface area (Å²) in [5.41, 5.74) is 0. The molecule has 0 unspecified atom stereocenters. The molecule has 0 aliphatic carbocycles. The highest BCUT2D eigenvalue weighted by Crippen LogP contribution is 2.14. The molecule has 0 aromatic heterocycles. The zero-order valence-electron chi connectivity index (χ0n) is 12.7. The molecule has 114 valence electrons. The van der Waals surface area contributed by atoms with Crippen molar-refractivity contribution in [3.05, 3.63) is 0 Å². The lowest BCUT2D eigenvalue weighted by molar-refractivity contribution is 0.220. The van der Waals surface area contributed by atoms with Crippen LogP contribution in [0.25, 0.3) is 0 Å². The predicted molar refractivity (Wildman–Crippen MR) is 94.5 cm³/mol. The molecular formula is C14H31IN4. The van der Waals surface area contributed by atoms with Crippen molar-refractivity contribution in [3.63, 3.8) is 0 Å². The lowest BCUT2D eigenvalue weighted by Gasteiger charge is -2.29. The minimum Gasteiger partial charge on any atom is -0.356 e. The van der Waals surface area contributed by atoms with Crippen LogP contribution in [0.4, 0.5) is 0 Å². The molecular weight excluding hydrogens is 351 g/mol. The van der Waals surface area contributed by atoms with Gasteiger partial charge in [0.25, 0.3) is 0 Å². The SMILES string of the molecule is CCCCCNC(=NC)NCC1CCN(C)CC1.I. The molecule has 0 spiro atoms. The maximum Gasteiger partial charge on any atom is 0.190 e. The van der Waals surface area contributed by atoms with Gasteiger partial charge in [0.2, 0.25) is 0 Å². The standard InChI is InChI=1S/C14H30N4.HI/c1-4-5-6-9-16-14(15-2)17-12-13-7-10-18(3)11-8-13;/h13H,4-12H2,1-3H3,(H2,15,16,17);1H. The Balaban J connectivity index is 0.00000324. The summed E-state index contributed by atoms with van der Waals surface area (Å²) in [5.74, 6) is 1.76. The van der Waals surface area contributed by atoms with Gasteiger partial charge in [-0.15, -0.1) is 24.0 Å². The van der Waals surface area contributed by atoms with Gasteiger partial charge in [-0.1, -0.05) is 19.8 Å². The third kappa shape index (κ3) is 8.68. The second kappa shape index (κ2) is 11.8. The van der Waals surface area contributed by atoms with Crippen molar-refractivity contribution in [2.45, 2.75) is 39.0 Å². The molecule has 0 saturated carbocycles. The molecule has 4 nitrogen and oxygen atoms in total. The van der Waals surface area contributed by atoms with Crippen LogP contribution in [0.3, 0.4) is 0 Å². The van der Waals surface area contributed by atoms with Crippen LogP contribution in [0.15, 0.2) is 4.99 Å². The normalized spacial score (nSPS) is 17.9. The molecule has 2 N–H and O–H groups in total. The Labute approximate surface area is 135 Å². The van der Waals surface area contributed by atoms with E-state index in [1.54, 1.807) is 0 Å². The van der Waals surface area contributed by atoms with E-state index in [2.05, 4.69) is 34.5 Å². The average molecular weight is 382 g/mol. The van der Waals surface area contributed by atoms with Crippen LogP contribution in [0.1, 0.15) is 39.0 Å². The Bertz CT molecular complexity index is 238. The summed E-state index contributed by atoms with van der Waals surface area (Å²) in [6.07, 6.45) is 6.39. The fraction of sp³-hybridized carbons (Fsp3) is 0.929. The summed E-state index contributed by atoms with van der Waals surface area (Å²) >= 11 is 0. The van der Waals surface area contributed by atoms with Gasteiger partial charge in [0, 0.05) is 20.1 Å². The predicted octanol–water partition coefficient (Wildman–Crippen LogP) is 2.30. The van der Waals surface area contributed by atoms with E-state index in [0.29, 0.717) is 0 Å². The zero-order valence-corrected chi connectivity index (χ0v) is 15.1. The van der Waals surface area contributed by atoms with Crippen molar-refractivity contribution >= 4 is 29.9 Å². The first kappa shape index (κ1) is 19.0. The minimum absolute atomic E-state index is 0. The maximum atomic E-state index is 4.27. The lowest BCUT2D eigenvalue weighted by Crippen LogP contribution is -2.42. The van der Waals surface area contributed by atoms with Crippen molar-refractivity contribution < 1.29 is 0 Å². The molecule has 1 aliphatic rings. The van der Waals surface area contributed by atoms with Crippen LogP contribution < -0.4 is 10.6 Å². The van der Waals surface area contributed by atoms with E-state index in [1.165, 1.54) is 45.2 Å². The quantitative estimate of drug-likeness (QED) is 0.321. The van der Waals surface area contributed by atoms with Gasteiger partial charge >= 0.3 is 0 Å². The van der Waals surface area contributed by atoms with Gasteiger partial charge in [0.1, 0.15) is 0 Å². The molecule has 1 rings (SSSR count). The largest absolute Gasteiger partial charge is 0.356 e. The smallest absolute Gasteiger partial charge is 0.190 e. The monoisotopic (exact) mass is 382 g/mol. The highest BCUT2D eigenvalue weighted by atomic mass is 127. The Morgan fingerprint density at radius 1 is 1.21 bits per heavy atom. The Hall–Kier alpha value is -0.0400. The van der Waals surface area contributed by atoms with Crippen LogP contribution in [-0.2, 0) is 0 Å². The first-order valence-electron chi connectivity index (χ1n) is 7.39. The number of nitrogens with zero attached hydrogens (tertiary/aromatic N) is 2. The molecule has 1 heterocycles. The van der Waals surface area contributed by atoms with Crippen molar-refractivity contribution in [1.29, 1.82) is 0 Å². The third-order valence-electron chi connectivity index (χ3n) is 3.69. The number of rotatable bonds is 6. The van der Waals surface area contributed by atoms with E-state index in [4.69, 9.17) is 0 Å².